The number of nitrogens with two attached hydrogens (primary N) is 1. The van der Waals surface area contributed by atoms with Gasteiger partial charge in [0.1, 0.15) is 0 Å². The van der Waals surface area contributed by atoms with Crippen LogP contribution < -0.4 is 5.73 Å². The smallest absolute Gasteiger partial charge is 0.0932 e. The van der Waals surface area contributed by atoms with Crippen LogP contribution in [0.5, 0.6) is 0 Å². The van der Waals surface area contributed by atoms with Crippen molar-refractivity contribution >= 4 is 22.5 Å². The summed E-state index contributed by atoms with van der Waals surface area (Å²) in [4.78, 5) is 0. The molecule has 3 nitrogen and oxygen atoms in total. The molecule has 1 aromatic carbocycles. The number of aromatic nitrogens is 1. The Kier molecular flexibility index (Phi) is 2.69. The summed E-state index contributed by atoms with van der Waals surface area (Å²) in [5.41, 5.74) is 7.31. The summed E-state index contributed by atoms with van der Waals surface area (Å²) in [6.45, 7) is 0.224. The van der Waals surface area contributed by atoms with Gasteiger partial charge < -0.3 is 15.4 Å². The molecule has 0 aliphatic heterocycles. The zero-order valence-corrected chi connectivity index (χ0v) is 9.20. The Bertz CT molecular complexity index is 493. The third-order valence-electron chi connectivity index (χ3n) is 2.57. The van der Waals surface area contributed by atoms with Crippen molar-refractivity contribution in [3.05, 3.63) is 35.0 Å². The molecule has 2 rings (SSSR count). The van der Waals surface area contributed by atoms with E-state index >= 15 is 0 Å². The zero-order chi connectivity index (χ0) is 11.0. The van der Waals surface area contributed by atoms with Gasteiger partial charge >= 0.3 is 0 Å². The molecule has 0 aliphatic carbocycles. The zero-order valence-electron chi connectivity index (χ0n) is 8.44. The lowest BCUT2D eigenvalue weighted by Crippen LogP contribution is -2.10. The minimum atomic E-state index is -0.616. The van der Waals surface area contributed by atoms with Gasteiger partial charge in [0.25, 0.3) is 0 Å². The molecule has 0 aliphatic rings. The van der Waals surface area contributed by atoms with Gasteiger partial charge in [-0.25, -0.2) is 0 Å². The number of fused-ring (bicyclic) bond motifs is 1. The first kappa shape index (κ1) is 10.5. The van der Waals surface area contributed by atoms with Crippen molar-refractivity contribution < 1.29 is 5.11 Å². The Hall–Kier alpha value is -1.03. The average Bonchev–Trinajstić information content (AvgIpc) is 2.55. The van der Waals surface area contributed by atoms with Gasteiger partial charge in [0.05, 0.1) is 6.10 Å². The molecule has 0 saturated heterocycles. The van der Waals surface area contributed by atoms with Crippen LogP contribution >= 0.6 is 11.6 Å². The number of rotatable bonds is 2. The number of hydrogen-bond donors (Lipinski definition) is 2. The van der Waals surface area contributed by atoms with Crippen LogP contribution in [0.3, 0.4) is 0 Å². The summed E-state index contributed by atoms with van der Waals surface area (Å²) in [7, 11) is 1.92. The van der Waals surface area contributed by atoms with E-state index in [-0.39, 0.29) is 6.54 Å². The third kappa shape index (κ3) is 1.74. The summed E-state index contributed by atoms with van der Waals surface area (Å²) in [6, 6.07) is 5.60. The molecule has 1 unspecified atom stereocenters. The highest BCUT2D eigenvalue weighted by Gasteiger charge is 2.13. The quantitative estimate of drug-likeness (QED) is 0.818. The summed E-state index contributed by atoms with van der Waals surface area (Å²) in [5.74, 6) is 0. The molecule has 80 valence electrons. The summed E-state index contributed by atoms with van der Waals surface area (Å²) in [6.07, 6.45) is 1.27. The van der Waals surface area contributed by atoms with Gasteiger partial charge in [0, 0.05) is 41.3 Å². The van der Waals surface area contributed by atoms with Crippen molar-refractivity contribution in [1.82, 2.24) is 4.57 Å². The molecular weight excluding hydrogens is 212 g/mol. The van der Waals surface area contributed by atoms with E-state index in [1.807, 2.05) is 36.0 Å². The van der Waals surface area contributed by atoms with Crippen LogP contribution in [-0.2, 0) is 7.05 Å². The highest BCUT2D eigenvalue weighted by molar-refractivity contribution is 6.31. The molecule has 0 spiro atoms. The van der Waals surface area contributed by atoms with Gasteiger partial charge in [0.15, 0.2) is 0 Å². The number of aliphatic hydroxyl groups is 1. The lowest BCUT2D eigenvalue weighted by molar-refractivity contribution is 0.188. The largest absolute Gasteiger partial charge is 0.387 e. The van der Waals surface area contributed by atoms with E-state index in [9.17, 15) is 5.11 Å². The number of halogens is 1. The molecule has 1 heterocycles. The van der Waals surface area contributed by atoms with Gasteiger partial charge in [-0.1, -0.05) is 17.7 Å². The fraction of sp³-hybridized carbons (Fsp3) is 0.273. The second kappa shape index (κ2) is 3.85. The summed E-state index contributed by atoms with van der Waals surface area (Å²) < 4.78 is 1.94. The van der Waals surface area contributed by atoms with Crippen LogP contribution in [0.2, 0.25) is 5.02 Å². The predicted octanol–water partition coefficient (Wildman–Crippen LogP) is 1.82. The van der Waals surface area contributed by atoms with Crippen LogP contribution in [0.25, 0.3) is 10.9 Å². The average molecular weight is 225 g/mol. The normalized spacial score (nSPS) is 13.3. The fourth-order valence-electron chi connectivity index (χ4n) is 1.78. The second-order valence-electron chi connectivity index (χ2n) is 3.61. The maximum absolute atomic E-state index is 9.74. The van der Waals surface area contributed by atoms with Crippen molar-refractivity contribution in [2.24, 2.45) is 12.8 Å². The van der Waals surface area contributed by atoms with Crippen molar-refractivity contribution in [2.45, 2.75) is 6.10 Å². The molecule has 0 fully saturated rings. The Morgan fingerprint density at radius 3 is 2.93 bits per heavy atom. The van der Waals surface area contributed by atoms with E-state index in [0.717, 1.165) is 16.5 Å². The van der Waals surface area contributed by atoms with Gasteiger partial charge in [-0.15, -0.1) is 0 Å². The Morgan fingerprint density at radius 2 is 2.27 bits per heavy atom. The Morgan fingerprint density at radius 1 is 1.53 bits per heavy atom. The highest BCUT2D eigenvalue weighted by Crippen LogP contribution is 2.27. The van der Waals surface area contributed by atoms with Crippen molar-refractivity contribution in [3.8, 4) is 0 Å². The molecule has 0 saturated carbocycles. The van der Waals surface area contributed by atoms with Crippen LogP contribution in [0, 0.1) is 0 Å². The maximum atomic E-state index is 9.74. The van der Waals surface area contributed by atoms with E-state index < -0.39 is 6.10 Å². The molecule has 1 atom stereocenters. The molecule has 15 heavy (non-hydrogen) atoms. The number of aliphatic hydroxyl groups excluding tert-OH is 1. The lowest BCUT2D eigenvalue weighted by Gasteiger charge is -2.05. The minimum absolute atomic E-state index is 0.224. The molecule has 1 aromatic heterocycles. The summed E-state index contributed by atoms with van der Waals surface area (Å²) >= 11 is 5.91. The predicted molar refractivity (Wildman–Crippen MR) is 61.9 cm³/mol. The van der Waals surface area contributed by atoms with Crippen molar-refractivity contribution in [1.29, 1.82) is 0 Å². The van der Waals surface area contributed by atoms with Crippen molar-refractivity contribution in [2.75, 3.05) is 6.54 Å². The van der Waals surface area contributed by atoms with E-state index in [2.05, 4.69) is 0 Å². The maximum Gasteiger partial charge on any atom is 0.0932 e. The van der Waals surface area contributed by atoms with Gasteiger partial charge in [-0.05, 0) is 12.1 Å². The Labute approximate surface area is 93.1 Å². The highest BCUT2D eigenvalue weighted by atomic mass is 35.5. The molecule has 0 amide bonds. The second-order valence-corrected chi connectivity index (χ2v) is 4.04. The number of benzene rings is 1. The molecule has 3 N–H and O–H groups in total. The third-order valence-corrected chi connectivity index (χ3v) is 2.80. The fourth-order valence-corrected chi connectivity index (χ4v) is 1.95. The molecule has 2 aromatic rings. The Balaban J connectivity index is 2.68. The number of hydrogen-bond acceptors (Lipinski definition) is 2. The summed E-state index contributed by atoms with van der Waals surface area (Å²) in [5, 5.41) is 11.4. The molecule has 0 bridgehead atoms. The van der Waals surface area contributed by atoms with E-state index in [1.165, 1.54) is 0 Å². The first-order valence-corrected chi connectivity index (χ1v) is 5.14. The van der Waals surface area contributed by atoms with E-state index in [4.69, 9.17) is 17.3 Å². The minimum Gasteiger partial charge on any atom is -0.387 e. The van der Waals surface area contributed by atoms with Gasteiger partial charge in [0.2, 0.25) is 0 Å². The SMILES string of the molecule is Cn1cc(C(O)CN)c2ccc(Cl)cc21. The van der Waals surface area contributed by atoms with Gasteiger partial charge in [-0.2, -0.15) is 0 Å². The first-order valence-electron chi connectivity index (χ1n) is 4.76. The van der Waals surface area contributed by atoms with Crippen molar-refractivity contribution in [3.63, 3.8) is 0 Å². The first-order chi connectivity index (χ1) is 7.13. The standard InChI is InChI=1S/C11H13ClN2O/c1-14-6-9(11(15)5-13)8-3-2-7(12)4-10(8)14/h2-4,6,11,15H,5,13H2,1H3. The van der Waals surface area contributed by atoms with Crippen LogP contribution in [0.4, 0.5) is 0 Å². The van der Waals surface area contributed by atoms with Crippen LogP contribution in [0.1, 0.15) is 11.7 Å². The monoisotopic (exact) mass is 224 g/mol. The van der Waals surface area contributed by atoms with Gasteiger partial charge in [-0.3, -0.25) is 0 Å². The lowest BCUT2D eigenvalue weighted by atomic mass is 10.1. The van der Waals surface area contributed by atoms with E-state index in [0.29, 0.717) is 5.02 Å². The van der Waals surface area contributed by atoms with E-state index in [1.54, 1.807) is 0 Å². The van der Waals surface area contributed by atoms with Crippen LogP contribution in [0.15, 0.2) is 24.4 Å². The molecule has 0 radical (unpaired) electrons. The van der Waals surface area contributed by atoms with Crippen LogP contribution in [-0.4, -0.2) is 16.2 Å². The number of aryl methyl sites for hydroxylation is 1. The molecular formula is C11H13ClN2O. The number of nitrogens with zero attached hydrogens (tertiary/aromatic N) is 1. The molecule has 4 heteroatoms. The topological polar surface area (TPSA) is 51.2 Å².